The molecule has 0 aliphatic carbocycles. The molecule has 1 aromatic carbocycles. The van der Waals surface area contributed by atoms with Gasteiger partial charge in [-0.15, -0.1) is 0 Å². The number of likely N-dealkylation sites (tertiary alicyclic amines) is 1. The van der Waals surface area contributed by atoms with E-state index >= 15 is 0 Å². The lowest BCUT2D eigenvalue weighted by atomic mass is 9.73. The van der Waals surface area contributed by atoms with Gasteiger partial charge in [-0.05, 0) is 37.0 Å². The number of ether oxygens (including phenoxy) is 1. The normalized spacial score (nSPS) is 23.0. The Morgan fingerprint density at radius 2 is 2.00 bits per heavy atom. The SMILES string of the molecule is Cc1cc(CN2CC3(CCOCC3)C2)ccc1F. The summed E-state index contributed by atoms with van der Waals surface area (Å²) >= 11 is 0. The van der Waals surface area contributed by atoms with E-state index in [0.29, 0.717) is 5.41 Å². The molecule has 1 spiro atoms. The van der Waals surface area contributed by atoms with Gasteiger partial charge in [-0.2, -0.15) is 0 Å². The molecule has 0 radical (unpaired) electrons. The van der Waals surface area contributed by atoms with Crippen LogP contribution in [0.5, 0.6) is 0 Å². The summed E-state index contributed by atoms with van der Waals surface area (Å²) in [5.74, 6) is -0.108. The zero-order valence-corrected chi connectivity index (χ0v) is 10.9. The van der Waals surface area contributed by atoms with Crippen molar-refractivity contribution in [2.75, 3.05) is 26.3 Å². The molecule has 0 unspecified atom stereocenters. The maximum absolute atomic E-state index is 13.2. The molecular formula is C15H20FNO. The first-order chi connectivity index (χ1) is 8.67. The lowest BCUT2D eigenvalue weighted by Crippen LogP contribution is -2.57. The maximum Gasteiger partial charge on any atom is 0.126 e. The first kappa shape index (κ1) is 12.1. The Morgan fingerprint density at radius 1 is 1.28 bits per heavy atom. The molecule has 2 saturated heterocycles. The van der Waals surface area contributed by atoms with Gasteiger partial charge in [0.05, 0.1) is 0 Å². The molecule has 18 heavy (non-hydrogen) atoms. The summed E-state index contributed by atoms with van der Waals surface area (Å²) in [5, 5.41) is 0. The Labute approximate surface area is 108 Å². The van der Waals surface area contributed by atoms with Crippen LogP contribution in [0.15, 0.2) is 18.2 Å². The van der Waals surface area contributed by atoms with Gasteiger partial charge in [-0.3, -0.25) is 4.90 Å². The largest absolute Gasteiger partial charge is 0.381 e. The van der Waals surface area contributed by atoms with Crippen LogP contribution in [-0.2, 0) is 11.3 Å². The van der Waals surface area contributed by atoms with E-state index in [4.69, 9.17) is 4.74 Å². The fourth-order valence-corrected chi connectivity index (χ4v) is 3.20. The lowest BCUT2D eigenvalue weighted by molar-refractivity contribution is -0.0839. The topological polar surface area (TPSA) is 12.5 Å². The summed E-state index contributed by atoms with van der Waals surface area (Å²) in [6, 6.07) is 5.44. The molecular weight excluding hydrogens is 229 g/mol. The Kier molecular flexibility index (Phi) is 3.12. The van der Waals surface area contributed by atoms with Gasteiger partial charge < -0.3 is 4.74 Å². The van der Waals surface area contributed by atoms with Crippen LogP contribution < -0.4 is 0 Å². The Balaban J connectivity index is 1.57. The Morgan fingerprint density at radius 3 is 2.67 bits per heavy atom. The van der Waals surface area contributed by atoms with Crippen LogP contribution in [0.25, 0.3) is 0 Å². The molecule has 2 fully saturated rings. The van der Waals surface area contributed by atoms with E-state index in [1.165, 1.54) is 31.5 Å². The van der Waals surface area contributed by atoms with Crippen molar-refractivity contribution in [3.8, 4) is 0 Å². The minimum Gasteiger partial charge on any atom is -0.381 e. The molecule has 0 aromatic heterocycles. The Hall–Kier alpha value is -0.930. The van der Waals surface area contributed by atoms with Gasteiger partial charge in [-0.25, -0.2) is 4.39 Å². The van der Waals surface area contributed by atoms with E-state index in [-0.39, 0.29) is 5.82 Å². The van der Waals surface area contributed by atoms with Crippen LogP contribution in [-0.4, -0.2) is 31.2 Å². The number of nitrogens with zero attached hydrogens (tertiary/aromatic N) is 1. The van der Waals surface area contributed by atoms with Crippen molar-refractivity contribution < 1.29 is 9.13 Å². The van der Waals surface area contributed by atoms with Crippen molar-refractivity contribution in [1.29, 1.82) is 0 Å². The smallest absolute Gasteiger partial charge is 0.126 e. The van der Waals surface area contributed by atoms with Gasteiger partial charge >= 0.3 is 0 Å². The first-order valence-corrected chi connectivity index (χ1v) is 6.72. The van der Waals surface area contributed by atoms with Crippen molar-refractivity contribution in [3.05, 3.63) is 35.1 Å². The summed E-state index contributed by atoms with van der Waals surface area (Å²) in [7, 11) is 0. The molecule has 2 aliphatic heterocycles. The van der Waals surface area contributed by atoms with Crippen molar-refractivity contribution in [2.24, 2.45) is 5.41 Å². The second-order valence-electron chi connectivity index (χ2n) is 5.84. The van der Waals surface area contributed by atoms with Gasteiger partial charge in [0.15, 0.2) is 0 Å². The molecule has 0 N–H and O–H groups in total. The summed E-state index contributed by atoms with van der Waals surface area (Å²) in [6.07, 6.45) is 2.40. The average Bonchev–Trinajstić information content (AvgIpc) is 2.33. The molecule has 2 nitrogen and oxygen atoms in total. The fraction of sp³-hybridized carbons (Fsp3) is 0.600. The van der Waals surface area contributed by atoms with E-state index in [1.807, 2.05) is 19.1 Å². The number of halogens is 1. The van der Waals surface area contributed by atoms with Crippen LogP contribution in [0.2, 0.25) is 0 Å². The van der Waals surface area contributed by atoms with E-state index < -0.39 is 0 Å². The third-order valence-electron chi connectivity index (χ3n) is 4.30. The van der Waals surface area contributed by atoms with Crippen molar-refractivity contribution in [2.45, 2.75) is 26.3 Å². The third kappa shape index (κ3) is 2.29. The van der Waals surface area contributed by atoms with Gasteiger partial charge in [0.25, 0.3) is 0 Å². The summed E-state index contributed by atoms with van der Waals surface area (Å²) in [5.41, 5.74) is 2.48. The lowest BCUT2D eigenvalue weighted by Gasteiger charge is -2.52. The highest BCUT2D eigenvalue weighted by Gasteiger charge is 2.43. The summed E-state index contributed by atoms with van der Waals surface area (Å²) in [6.45, 7) is 6.96. The highest BCUT2D eigenvalue weighted by molar-refractivity contribution is 5.24. The van der Waals surface area contributed by atoms with E-state index in [0.717, 1.165) is 25.3 Å². The van der Waals surface area contributed by atoms with Crippen LogP contribution in [0.3, 0.4) is 0 Å². The summed E-state index contributed by atoms with van der Waals surface area (Å²) < 4.78 is 18.6. The van der Waals surface area contributed by atoms with Crippen molar-refractivity contribution in [1.82, 2.24) is 4.90 Å². The first-order valence-electron chi connectivity index (χ1n) is 6.72. The highest BCUT2D eigenvalue weighted by atomic mass is 19.1. The van der Waals surface area contributed by atoms with E-state index in [1.54, 1.807) is 6.07 Å². The fourth-order valence-electron chi connectivity index (χ4n) is 3.20. The predicted octanol–water partition coefficient (Wildman–Crippen LogP) is 2.75. The van der Waals surface area contributed by atoms with Gasteiger partial charge in [0.2, 0.25) is 0 Å². The molecule has 1 aromatic rings. The van der Waals surface area contributed by atoms with Gasteiger partial charge in [-0.1, -0.05) is 12.1 Å². The summed E-state index contributed by atoms with van der Waals surface area (Å²) in [4.78, 5) is 2.46. The predicted molar refractivity (Wildman–Crippen MR) is 68.9 cm³/mol. The number of rotatable bonds is 2. The Bertz CT molecular complexity index is 432. The molecule has 3 rings (SSSR count). The maximum atomic E-state index is 13.2. The van der Waals surface area contributed by atoms with E-state index in [2.05, 4.69) is 4.90 Å². The molecule has 0 atom stereocenters. The monoisotopic (exact) mass is 249 g/mol. The zero-order chi connectivity index (χ0) is 12.6. The van der Waals surface area contributed by atoms with Gasteiger partial charge in [0, 0.05) is 38.3 Å². The third-order valence-corrected chi connectivity index (χ3v) is 4.30. The van der Waals surface area contributed by atoms with Crippen molar-refractivity contribution in [3.63, 3.8) is 0 Å². The van der Waals surface area contributed by atoms with Crippen LogP contribution in [0, 0.1) is 18.2 Å². The standard InChI is InChI=1S/C15H20FNO/c1-12-8-13(2-3-14(12)16)9-17-10-15(11-17)4-6-18-7-5-15/h2-3,8H,4-7,9-11H2,1H3. The quantitative estimate of drug-likeness (QED) is 0.799. The molecule has 2 aliphatic rings. The molecule has 0 amide bonds. The molecule has 0 saturated carbocycles. The van der Waals surface area contributed by atoms with Gasteiger partial charge in [0.1, 0.15) is 5.82 Å². The second-order valence-corrected chi connectivity index (χ2v) is 5.84. The minimum atomic E-state index is -0.108. The van der Waals surface area contributed by atoms with Crippen LogP contribution in [0.1, 0.15) is 24.0 Å². The average molecular weight is 249 g/mol. The van der Waals surface area contributed by atoms with Crippen LogP contribution in [0.4, 0.5) is 4.39 Å². The molecule has 0 bridgehead atoms. The molecule has 98 valence electrons. The zero-order valence-electron chi connectivity index (χ0n) is 10.9. The number of benzene rings is 1. The van der Waals surface area contributed by atoms with Crippen LogP contribution >= 0.6 is 0 Å². The molecule has 3 heteroatoms. The highest BCUT2D eigenvalue weighted by Crippen LogP contribution is 2.40. The minimum absolute atomic E-state index is 0.108. The van der Waals surface area contributed by atoms with E-state index in [9.17, 15) is 4.39 Å². The number of hydrogen-bond donors (Lipinski definition) is 0. The number of aryl methyl sites for hydroxylation is 1. The molecule has 2 heterocycles. The number of hydrogen-bond acceptors (Lipinski definition) is 2. The van der Waals surface area contributed by atoms with Crippen molar-refractivity contribution >= 4 is 0 Å². The second kappa shape index (κ2) is 4.63.